The van der Waals surface area contributed by atoms with E-state index < -0.39 is 17.8 Å². The maximum atomic E-state index is 13.1. The number of aromatic nitrogens is 1. The summed E-state index contributed by atoms with van der Waals surface area (Å²) in [5.41, 5.74) is 3.55. The number of aliphatic carboxylic acids is 1. The van der Waals surface area contributed by atoms with Crippen molar-refractivity contribution < 1.29 is 19.1 Å². The number of allylic oxidation sites excluding steroid dienone is 2. The Morgan fingerprint density at radius 1 is 1.11 bits per heavy atom. The van der Waals surface area contributed by atoms with Crippen molar-refractivity contribution in [1.29, 1.82) is 0 Å². The Morgan fingerprint density at radius 3 is 2.30 bits per heavy atom. The molecule has 2 atom stereocenters. The lowest BCUT2D eigenvalue weighted by Crippen LogP contribution is -2.36. The fourth-order valence-corrected chi connectivity index (χ4v) is 4.19. The second-order valence-electron chi connectivity index (χ2n) is 6.94. The summed E-state index contributed by atoms with van der Waals surface area (Å²) in [5.74, 6) is -2.95. The van der Waals surface area contributed by atoms with Crippen molar-refractivity contribution in [3.05, 3.63) is 46.1 Å². The van der Waals surface area contributed by atoms with Gasteiger partial charge in [0.25, 0.3) is 0 Å². The second kappa shape index (κ2) is 7.60. The predicted molar refractivity (Wildman–Crippen MR) is 103 cm³/mol. The van der Waals surface area contributed by atoms with Crippen LogP contribution in [0.15, 0.2) is 35.4 Å². The van der Waals surface area contributed by atoms with Crippen LogP contribution in [0.3, 0.4) is 0 Å². The summed E-state index contributed by atoms with van der Waals surface area (Å²) >= 11 is 1.32. The van der Waals surface area contributed by atoms with Crippen LogP contribution in [-0.4, -0.2) is 22.0 Å². The third-order valence-corrected chi connectivity index (χ3v) is 5.95. The zero-order valence-corrected chi connectivity index (χ0v) is 16.2. The molecule has 0 bridgehead atoms. The van der Waals surface area contributed by atoms with Gasteiger partial charge in [-0.2, -0.15) is 0 Å². The molecule has 1 aromatic heterocycles. The number of rotatable bonds is 4. The van der Waals surface area contributed by atoms with E-state index in [4.69, 9.17) is 0 Å². The van der Waals surface area contributed by atoms with E-state index in [2.05, 4.69) is 10.3 Å². The molecule has 1 aliphatic carbocycles. The molecule has 1 aliphatic rings. The first-order chi connectivity index (χ1) is 12.8. The number of thiazole rings is 1. The molecule has 1 aromatic carbocycles. The van der Waals surface area contributed by atoms with Gasteiger partial charge in [0.05, 0.1) is 17.5 Å². The third kappa shape index (κ3) is 4.08. The van der Waals surface area contributed by atoms with Gasteiger partial charge in [0.2, 0.25) is 5.91 Å². The SMILES string of the molecule is CC1=C(C)C[C@H](C(=O)Nc2nc(-c3ccc(F)cc3)c(C)s2)[C@@H](C(=O)O)C1. The highest BCUT2D eigenvalue weighted by Gasteiger charge is 2.37. The van der Waals surface area contributed by atoms with Crippen molar-refractivity contribution in [3.63, 3.8) is 0 Å². The Balaban J connectivity index is 1.81. The molecule has 2 aromatic rings. The van der Waals surface area contributed by atoms with Crippen molar-refractivity contribution in [2.45, 2.75) is 33.6 Å². The van der Waals surface area contributed by atoms with Crippen molar-refractivity contribution in [2.75, 3.05) is 5.32 Å². The largest absolute Gasteiger partial charge is 0.481 e. The summed E-state index contributed by atoms with van der Waals surface area (Å²) in [5, 5.41) is 12.7. The Morgan fingerprint density at radius 2 is 1.70 bits per heavy atom. The summed E-state index contributed by atoms with van der Waals surface area (Å²) < 4.78 is 13.1. The van der Waals surface area contributed by atoms with Gasteiger partial charge in [-0.3, -0.25) is 9.59 Å². The monoisotopic (exact) mass is 388 g/mol. The molecule has 3 rings (SSSR count). The lowest BCUT2D eigenvalue weighted by Gasteiger charge is -2.29. The number of benzene rings is 1. The van der Waals surface area contributed by atoms with E-state index in [0.29, 0.717) is 23.7 Å². The number of nitrogens with one attached hydrogen (secondary N) is 1. The molecule has 27 heavy (non-hydrogen) atoms. The molecule has 1 heterocycles. The summed E-state index contributed by atoms with van der Waals surface area (Å²) in [7, 11) is 0. The van der Waals surface area contributed by atoms with E-state index in [-0.39, 0.29) is 11.7 Å². The molecule has 1 amide bonds. The first kappa shape index (κ1) is 19.2. The van der Waals surface area contributed by atoms with Gasteiger partial charge in [0, 0.05) is 10.4 Å². The first-order valence-corrected chi connectivity index (χ1v) is 9.50. The van der Waals surface area contributed by atoms with E-state index >= 15 is 0 Å². The van der Waals surface area contributed by atoms with Crippen LogP contribution in [0.5, 0.6) is 0 Å². The van der Waals surface area contributed by atoms with Crippen LogP contribution < -0.4 is 5.32 Å². The average Bonchev–Trinajstić information content (AvgIpc) is 2.97. The smallest absolute Gasteiger partial charge is 0.307 e. The number of nitrogens with zero attached hydrogens (tertiary/aromatic N) is 1. The standard InChI is InChI=1S/C20H21FN2O3S/c1-10-8-15(16(19(25)26)9-11(10)2)18(24)23-20-22-17(12(3)27-20)13-4-6-14(21)7-5-13/h4-7,15-16H,8-9H2,1-3H3,(H,25,26)(H,22,23,24)/t15-,16-/m0/s1. The Bertz CT molecular complexity index is 918. The van der Waals surface area contributed by atoms with E-state index in [1.807, 2.05) is 20.8 Å². The zero-order chi connectivity index (χ0) is 19.7. The van der Waals surface area contributed by atoms with E-state index in [1.165, 1.54) is 23.5 Å². The van der Waals surface area contributed by atoms with Crippen LogP contribution in [0, 0.1) is 24.6 Å². The van der Waals surface area contributed by atoms with E-state index in [1.54, 1.807) is 12.1 Å². The average molecular weight is 388 g/mol. The molecule has 0 aliphatic heterocycles. The van der Waals surface area contributed by atoms with Gasteiger partial charge in [-0.25, -0.2) is 9.37 Å². The zero-order valence-electron chi connectivity index (χ0n) is 15.4. The van der Waals surface area contributed by atoms with Crippen LogP contribution in [0.25, 0.3) is 11.3 Å². The Hall–Kier alpha value is -2.54. The summed E-state index contributed by atoms with van der Waals surface area (Å²) in [6.07, 6.45) is 0.820. The lowest BCUT2D eigenvalue weighted by atomic mass is 9.76. The Labute approximate surface area is 161 Å². The first-order valence-electron chi connectivity index (χ1n) is 8.68. The topological polar surface area (TPSA) is 79.3 Å². The summed E-state index contributed by atoms with van der Waals surface area (Å²) in [6.45, 7) is 5.73. The van der Waals surface area contributed by atoms with Gasteiger partial charge < -0.3 is 10.4 Å². The quantitative estimate of drug-likeness (QED) is 0.748. The van der Waals surface area contributed by atoms with Crippen LogP contribution in [-0.2, 0) is 9.59 Å². The van der Waals surface area contributed by atoms with Crippen LogP contribution in [0.2, 0.25) is 0 Å². The minimum Gasteiger partial charge on any atom is -0.481 e. The number of carbonyl (C=O) groups is 2. The van der Waals surface area contributed by atoms with Crippen molar-refractivity contribution in [1.82, 2.24) is 4.98 Å². The second-order valence-corrected chi connectivity index (χ2v) is 8.14. The number of carboxylic acid groups (broad SMARTS) is 1. The lowest BCUT2D eigenvalue weighted by molar-refractivity contribution is -0.146. The molecule has 2 N–H and O–H groups in total. The minimum atomic E-state index is -0.954. The number of hydrogen-bond acceptors (Lipinski definition) is 4. The Kier molecular flexibility index (Phi) is 5.41. The fraction of sp³-hybridized carbons (Fsp3) is 0.350. The van der Waals surface area contributed by atoms with Gasteiger partial charge in [-0.15, -0.1) is 11.3 Å². The maximum absolute atomic E-state index is 13.1. The third-order valence-electron chi connectivity index (χ3n) is 5.06. The molecule has 142 valence electrons. The van der Waals surface area contributed by atoms with E-state index in [0.717, 1.165) is 21.6 Å². The molecule has 0 unspecified atom stereocenters. The molecular weight excluding hydrogens is 367 g/mol. The molecule has 5 nitrogen and oxygen atoms in total. The predicted octanol–water partition coefficient (Wildman–Crippen LogP) is 4.64. The number of amides is 1. The van der Waals surface area contributed by atoms with Crippen LogP contribution in [0.4, 0.5) is 9.52 Å². The number of carbonyl (C=O) groups excluding carboxylic acids is 1. The van der Waals surface area contributed by atoms with Crippen LogP contribution in [0.1, 0.15) is 31.6 Å². The normalized spacial score (nSPS) is 19.9. The van der Waals surface area contributed by atoms with Crippen molar-refractivity contribution in [2.24, 2.45) is 11.8 Å². The maximum Gasteiger partial charge on any atom is 0.307 e. The minimum absolute atomic E-state index is 0.323. The van der Waals surface area contributed by atoms with Crippen LogP contribution >= 0.6 is 11.3 Å². The molecule has 0 spiro atoms. The number of hydrogen-bond donors (Lipinski definition) is 2. The molecule has 0 fully saturated rings. The van der Waals surface area contributed by atoms with E-state index in [9.17, 15) is 19.1 Å². The van der Waals surface area contributed by atoms with Crippen molar-refractivity contribution >= 4 is 28.3 Å². The highest BCUT2D eigenvalue weighted by molar-refractivity contribution is 7.16. The summed E-state index contributed by atoms with van der Waals surface area (Å²) in [6, 6.07) is 6.01. The molecule has 0 saturated carbocycles. The highest BCUT2D eigenvalue weighted by Crippen LogP contribution is 2.36. The fourth-order valence-electron chi connectivity index (χ4n) is 3.35. The number of aryl methyl sites for hydroxylation is 1. The highest BCUT2D eigenvalue weighted by atomic mass is 32.1. The summed E-state index contributed by atoms with van der Waals surface area (Å²) in [4.78, 5) is 29.7. The molecule has 7 heteroatoms. The molecule has 0 radical (unpaired) electrons. The van der Waals surface area contributed by atoms with Gasteiger partial charge >= 0.3 is 5.97 Å². The van der Waals surface area contributed by atoms with Crippen molar-refractivity contribution in [3.8, 4) is 11.3 Å². The number of anilines is 1. The van der Waals surface area contributed by atoms with Gasteiger partial charge in [0.15, 0.2) is 5.13 Å². The van der Waals surface area contributed by atoms with Gasteiger partial charge in [-0.1, -0.05) is 11.1 Å². The number of carboxylic acids is 1. The van der Waals surface area contributed by atoms with Gasteiger partial charge in [0.1, 0.15) is 5.82 Å². The van der Waals surface area contributed by atoms with Gasteiger partial charge in [-0.05, 0) is 57.9 Å². The number of halogens is 1. The molecular formula is C20H21FN2O3S. The molecule has 0 saturated heterocycles.